The Bertz CT molecular complexity index is 3350. The Morgan fingerprint density at radius 3 is 1.02 bits per heavy atom. The summed E-state index contributed by atoms with van der Waals surface area (Å²) in [6.45, 7) is 10.3. The van der Waals surface area contributed by atoms with Crippen LogP contribution in [0.4, 0.5) is 34.1 Å². The van der Waals surface area contributed by atoms with E-state index in [4.69, 9.17) is 8.83 Å². The molecule has 0 aliphatic carbocycles. The van der Waals surface area contributed by atoms with Gasteiger partial charge in [-0.3, -0.25) is 0 Å². The zero-order chi connectivity index (χ0) is 42.9. The lowest BCUT2D eigenvalue weighted by molar-refractivity contribution is 0.670. The monoisotopic (exact) mass is 856 g/mol. The second-order valence-corrected chi connectivity index (χ2v) is 27.0. The molecule has 2 aliphatic heterocycles. The Labute approximate surface area is 374 Å². The molecule has 13 rings (SSSR count). The summed E-state index contributed by atoms with van der Waals surface area (Å²) in [7, 11) is -4.89. The van der Waals surface area contributed by atoms with Crippen molar-refractivity contribution in [2.24, 2.45) is 0 Å². The van der Waals surface area contributed by atoms with Gasteiger partial charge in [0.15, 0.2) is 0 Å². The molecule has 0 bridgehead atoms. The maximum atomic E-state index is 7.15. The van der Waals surface area contributed by atoms with Gasteiger partial charge in [0.25, 0.3) is 0 Å². The molecule has 0 fully saturated rings. The fourth-order valence-corrected chi connectivity index (χ4v) is 19.8. The highest BCUT2D eigenvalue weighted by Gasteiger charge is 2.50. The van der Waals surface area contributed by atoms with E-state index >= 15 is 0 Å². The molecule has 11 aromatic rings. The maximum absolute atomic E-state index is 7.15. The van der Waals surface area contributed by atoms with E-state index in [1.54, 1.807) is 10.4 Å². The molecule has 4 heterocycles. The highest BCUT2D eigenvalue weighted by atomic mass is 28.3. The number of anilines is 6. The predicted molar refractivity (Wildman–Crippen MR) is 275 cm³/mol. The lowest BCUT2D eigenvalue weighted by atomic mass is 9.96. The second-order valence-electron chi connectivity index (χ2n) is 18.4. The molecule has 0 saturated heterocycles. The van der Waals surface area contributed by atoms with E-state index in [1.165, 1.54) is 32.6 Å². The van der Waals surface area contributed by atoms with E-state index in [9.17, 15) is 0 Å². The Kier molecular flexibility index (Phi) is 7.88. The van der Waals surface area contributed by atoms with Gasteiger partial charge in [0.05, 0.1) is 22.1 Å². The number of furan rings is 2. The number of hydrogen-bond donors (Lipinski definition) is 0. The van der Waals surface area contributed by atoms with Crippen LogP contribution in [0.2, 0.25) is 26.2 Å². The van der Waals surface area contributed by atoms with Crippen LogP contribution >= 0.6 is 0 Å². The third-order valence-corrected chi connectivity index (χ3v) is 21.4. The zero-order valence-corrected chi connectivity index (χ0v) is 38.2. The molecule has 0 N–H and O–H groups in total. The van der Waals surface area contributed by atoms with Crippen molar-refractivity contribution in [3.05, 3.63) is 194 Å². The quantitative estimate of drug-likeness (QED) is 0.156. The standard InChI is InChI=1S/C58H44N2O2Si2/c1-63(2)49-35-45(59(37-21-9-5-10-22-37)38-23-11-6-12-24-38)51-41-29-17-19-31-47(41)61-55(51)53(49)43-33-34-44-54-50(64(3,4)58(44)57(43)63)36-46(52-42-30-18-20-32-48(42)62-56(52)54)60(39-25-13-7-14-26-39)40-27-15-8-16-28-40/h5-36H,1-4H3. The molecule has 0 unspecified atom stereocenters. The van der Waals surface area contributed by atoms with E-state index < -0.39 is 16.1 Å². The number of nitrogens with zero attached hydrogens (tertiary/aromatic N) is 2. The molecule has 4 nitrogen and oxygen atoms in total. The average Bonchev–Trinajstić information content (AvgIpc) is 4.04. The minimum absolute atomic E-state index is 0.908. The lowest BCUT2D eigenvalue weighted by Crippen LogP contribution is -2.63. The summed E-state index contributed by atoms with van der Waals surface area (Å²) in [4.78, 5) is 4.87. The Morgan fingerprint density at radius 1 is 0.359 bits per heavy atom. The molecule has 64 heavy (non-hydrogen) atoms. The van der Waals surface area contributed by atoms with Crippen molar-refractivity contribution in [2.45, 2.75) is 26.2 Å². The van der Waals surface area contributed by atoms with Crippen LogP contribution < -0.4 is 30.5 Å². The minimum Gasteiger partial charge on any atom is -0.455 e. The Morgan fingerprint density at radius 2 is 0.672 bits per heavy atom. The van der Waals surface area contributed by atoms with E-state index in [2.05, 4.69) is 230 Å². The third-order valence-electron chi connectivity index (χ3n) is 14.1. The topological polar surface area (TPSA) is 32.8 Å². The molecule has 0 spiro atoms. The van der Waals surface area contributed by atoms with Crippen molar-refractivity contribution in [1.29, 1.82) is 0 Å². The van der Waals surface area contributed by atoms with Gasteiger partial charge in [-0.15, -0.1) is 0 Å². The first-order valence-corrected chi connectivity index (χ1v) is 28.3. The summed E-state index contributed by atoms with van der Waals surface area (Å²) >= 11 is 0. The smallest absolute Gasteiger partial charge is 0.145 e. The van der Waals surface area contributed by atoms with E-state index in [1.807, 2.05) is 0 Å². The molecule has 6 heteroatoms. The van der Waals surface area contributed by atoms with E-state index in [-0.39, 0.29) is 0 Å². The number of para-hydroxylation sites is 6. The fraction of sp³-hybridized carbons (Fsp3) is 0.0690. The van der Waals surface area contributed by atoms with Gasteiger partial charge < -0.3 is 18.6 Å². The third kappa shape index (κ3) is 5.09. The summed E-state index contributed by atoms with van der Waals surface area (Å²) in [5.41, 5.74) is 15.7. The molecule has 2 aliphatic rings. The first-order chi connectivity index (χ1) is 31.3. The van der Waals surface area contributed by atoms with Crippen molar-refractivity contribution in [3.8, 4) is 22.3 Å². The summed E-state index contributed by atoms with van der Waals surface area (Å²) < 4.78 is 14.3. The second kappa shape index (κ2) is 13.6. The first kappa shape index (κ1) is 37.2. The number of rotatable bonds is 6. The zero-order valence-electron chi connectivity index (χ0n) is 36.2. The van der Waals surface area contributed by atoms with Crippen LogP contribution in [0.25, 0.3) is 66.1 Å². The Hall–Kier alpha value is -7.39. The van der Waals surface area contributed by atoms with Crippen LogP contribution in [0.5, 0.6) is 0 Å². The molecule has 0 atom stereocenters. The van der Waals surface area contributed by atoms with Crippen LogP contribution in [-0.2, 0) is 0 Å². The van der Waals surface area contributed by atoms with Crippen molar-refractivity contribution in [2.75, 3.05) is 9.80 Å². The molecule has 0 radical (unpaired) electrons. The van der Waals surface area contributed by atoms with Gasteiger partial charge in [-0.25, -0.2) is 0 Å². The fourth-order valence-electron chi connectivity index (χ4n) is 11.4. The highest BCUT2D eigenvalue weighted by molar-refractivity contribution is 7.13. The molecule has 0 saturated carbocycles. The normalized spacial score (nSPS) is 14.2. The van der Waals surface area contributed by atoms with Crippen molar-refractivity contribution >= 4 is 115 Å². The summed E-state index contributed by atoms with van der Waals surface area (Å²) in [5.74, 6) is 0. The number of hydrogen-bond acceptors (Lipinski definition) is 4. The lowest BCUT2D eigenvalue weighted by Gasteiger charge is -2.30. The van der Waals surface area contributed by atoms with Gasteiger partial charge in [-0.05, 0) is 105 Å². The van der Waals surface area contributed by atoms with Crippen LogP contribution in [0.15, 0.2) is 203 Å². The molecular weight excluding hydrogens is 813 g/mol. The first-order valence-electron chi connectivity index (χ1n) is 22.3. The molecule has 306 valence electrons. The van der Waals surface area contributed by atoms with Gasteiger partial charge in [0.2, 0.25) is 0 Å². The van der Waals surface area contributed by atoms with Crippen molar-refractivity contribution in [1.82, 2.24) is 0 Å². The average molecular weight is 857 g/mol. The van der Waals surface area contributed by atoms with Crippen molar-refractivity contribution < 1.29 is 8.83 Å². The van der Waals surface area contributed by atoms with E-state index in [0.717, 1.165) is 78.0 Å². The van der Waals surface area contributed by atoms with Gasteiger partial charge in [0.1, 0.15) is 38.5 Å². The summed E-state index contributed by atoms with van der Waals surface area (Å²) in [6, 6.07) is 70.3. The summed E-state index contributed by atoms with van der Waals surface area (Å²) in [5, 5.41) is 10.5. The van der Waals surface area contributed by atoms with E-state index in [0.29, 0.717) is 0 Å². The molecule has 0 amide bonds. The van der Waals surface area contributed by atoms with Crippen LogP contribution in [0.3, 0.4) is 0 Å². The molecule has 2 aromatic heterocycles. The number of benzene rings is 9. The Balaban J connectivity index is 1.10. The minimum atomic E-state index is -2.44. The summed E-state index contributed by atoms with van der Waals surface area (Å²) in [6.07, 6.45) is 0. The largest absolute Gasteiger partial charge is 0.455 e. The van der Waals surface area contributed by atoms with Gasteiger partial charge >= 0.3 is 0 Å². The van der Waals surface area contributed by atoms with Gasteiger partial charge in [-0.2, -0.15) is 0 Å². The SMILES string of the molecule is C[Si]1(C)c2cc(N(c3ccccc3)c3ccccc3)c3c(oc4ccccc43)c2-c2ccc3c(c21)[Si](C)(C)c1cc(N(c2ccccc2)c2ccccc2)c2c(oc4ccccc42)c1-3. The maximum Gasteiger partial charge on any atom is 0.145 e. The van der Waals surface area contributed by atoms with Crippen LogP contribution in [-0.4, -0.2) is 16.1 Å². The van der Waals surface area contributed by atoms with Crippen LogP contribution in [0.1, 0.15) is 0 Å². The predicted octanol–water partition coefficient (Wildman–Crippen LogP) is 14.0. The van der Waals surface area contributed by atoms with Gasteiger partial charge in [-0.1, -0.05) is 148 Å². The van der Waals surface area contributed by atoms with Crippen molar-refractivity contribution in [3.63, 3.8) is 0 Å². The number of fused-ring (bicyclic) bond motifs is 15. The highest BCUT2D eigenvalue weighted by Crippen LogP contribution is 2.50. The van der Waals surface area contributed by atoms with Gasteiger partial charge in [0, 0.05) is 44.6 Å². The molecule has 9 aromatic carbocycles. The molecular formula is C58H44N2O2Si2. The van der Waals surface area contributed by atoms with Crippen LogP contribution in [0, 0.1) is 0 Å².